The molecule has 1 aliphatic heterocycles. The lowest BCUT2D eigenvalue weighted by Gasteiger charge is -2.32. The van der Waals surface area contributed by atoms with E-state index in [0.29, 0.717) is 6.04 Å². The molecule has 0 radical (unpaired) electrons. The highest BCUT2D eigenvalue weighted by molar-refractivity contribution is 6.25. The Morgan fingerprint density at radius 2 is 2.07 bits per heavy atom. The van der Waals surface area contributed by atoms with Crippen LogP contribution in [-0.4, -0.2) is 37.1 Å². The molecule has 1 atom stereocenters. The molecular formula is C11H21ClN2. The molecule has 1 saturated heterocycles. The maximum Gasteiger partial charge on any atom is 0.0192 e. The van der Waals surface area contributed by atoms with E-state index in [9.17, 15) is 0 Å². The van der Waals surface area contributed by atoms with Crippen LogP contribution in [0.2, 0.25) is 0 Å². The molecule has 3 heteroatoms. The summed E-state index contributed by atoms with van der Waals surface area (Å²) in [4.78, 5) is 2.57. The minimum Gasteiger partial charge on any atom is -0.312 e. The van der Waals surface area contributed by atoms with E-state index in [4.69, 9.17) is 11.6 Å². The molecule has 0 amide bonds. The Labute approximate surface area is 92.3 Å². The van der Waals surface area contributed by atoms with Gasteiger partial charge in [0, 0.05) is 24.7 Å². The fraction of sp³-hybridized carbons (Fsp3) is 0.818. The quantitative estimate of drug-likeness (QED) is 0.709. The number of hydrogen-bond donors (Lipinski definition) is 1. The van der Waals surface area contributed by atoms with Gasteiger partial charge in [-0.3, -0.25) is 4.90 Å². The van der Waals surface area contributed by atoms with Crippen LogP contribution in [-0.2, 0) is 0 Å². The Kier molecular flexibility index (Phi) is 6.24. The van der Waals surface area contributed by atoms with Crippen LogP contribution in [0, 0.1) is 0 Å². The van der Waals surface area contributed by atoms with E-state index in [-0.39, 0.29) is 0 Å². The Balaban J connectivity index is 2.10. The molecule has 0 bridgehead atoms. The van der Waals surface area contributed by atoms with Gasteiger partial charge in [-0.15, -0.1) is 0 Å². The van der Waals surface area contributed by atoms with Crippen LogP contribution in [0.1, 0.15) is 26.2 Å². The highest BCUT2D eigenvalue weighted by atomic mass is 35.5. The third kappa shape index (κ3) is 4.45. The first kappa shape index (κ1) is 12.0. The lowest BCUT2D eigenvalue weighted by molar-refractivity contribution is 0.172. The third-order valence-corrected chi connectivity index (χ3v) is 2.98. The molecule has 14 heavy (non-hydrogen) atoms. The van der Waals surface area contributed by atoms with Crippen molar-refractivity contribution in [1.82, 2.24) is 10.2 Å². The first-order valence-electron chi connectivity index (χ1n) is 5.54. The van der Waals surface area contributed by atoms with Gasteiger partial charge in [-0.1, -0.05) is 24.1 Å². The molecule has 1 rings (SSSR count). The lowest BCUT2D eigenvalue weighted by atomic mass is 10.1. The van der Waals surface area contributed by atoms with Gasteiger partial charge in [0.1, 0.15) is 0 Å². The number of likely N-dealkylation sites (tertiary alicyclic amines) is 1. The largest absolute Gasteiger partial charge is 0.312 e. The molecule has 0 aromatic heterocycles. The van der Waals surface area contributed by atoms with Crippen LogP contribution in [0.15, 0.2) is 11.6 Å². The summed E-state index contributed by atoms with van der Waals surface area (Å²) >= 11 is 5.43. The molecule has 0 spiro atoms. The monoisotopic (exact) mass is 216 g/mol. The number of nitrogens with zero attached hydrogens (tertiary/aromatic N) is 1. The van der Waals surface area contributed by atoms with Crippen molar-refractivity contribution in [3.05, 3.63) is 11.6 Å². The maximum atomic E-state index is 5.43. The molecule has 0 aliphatic carbocycles. The Morgan fingerprint density at radius 3 is 2.71 bits per heavy atom. The molecule has 0 saturated carbocycles. The second-order valence-electron chi connectivity index (χ2n) is 3.97. The molecule has 0 aromatic carbocycles. The predicted molar refractivity (Wildman–Crippen MR) is 62.7 cm³/mol. The van der Waals surface area contributed by atoms with Crippen LogP contribution >= 0.6 is 11.6 Å². The number of hydrogen-bond acceptors (Lipinski definition) is 2. The van der Waals surface area contributed by atoms with Gasteiger partial charge in [0.15, 0.2) is 0 Å². The van der Waals surface area contributed by atoms with Crippen molar-refractivity contribution in [3.63, 3.8) is 0 Å². The summed E-state index contributed by atoms with van der Waals surface area (Å²) < 4.78 is 0. The van der Waals surface area contributed by atoms with Crippen LogP contribution in [0.5, 0.6) is 0 Å². The molecular weight excluding hydrogens is 196 g/mol. The summed E-state index contributed by atoms with van der Waals surface area (Å²) in [5.74, 6) is 0. The number of rotatable bonds is 5. The van der Waals surface area contributed by atoms with E-state index in [0.717, 1.165) is 13.1 Å². The Bertz CT molecular complexity index is 165. The van der Waals surface area contributed by atoms with Crippen molar-refractivity contribution in [2.45, 2.75) is 32.2 Å². The summed E-state index contributed by atoms with van der Waals surface area (Å²) in [6, 6.07) is 0.652. The summed E-state index contributed by atoms with van der Waals surface area (Å²) in [5.41, 5.74) is 1.57. The summed E-state index contributed by atoms with van der Waals surface area (Å²) in [6.07, 6.45) is 6.08. The Hall–Kier alpha value is -0.0500. The SMILES string of the molecule is CC(CNC/C=C/Cl)N1CCCCC1. The van der Waals surface area contributed by atoms with Crippen LogP contribution in [0.4, 0.5) is 0 Å². The van der Waals surface area contributed by atoms with Gasteiger partial charge >= 0.3 is 0 Å². The fourth-order valence-electron chi connectivity index (χ4n) is 1.91. The van der Waals surface area contributed by atoms with E-state index in [1.54, 1.807) is 5.54 Å². The van der Waals surface area contributed by atoms with Gasteiger partial charge in [-0.2, -0.15) is 0 Å². The summed E-state index contributed by atoms with van der Waals surface area (Å²) in [7, 11) is 0. The van der Waals surface area contributed by atoms with E-state index >= 15 is 0 Å². The van der Waals surface area contributed by atoms with Gasteiger partial charge in [-0.05, 0) is 32.9 Å². The number of halogens is 1. The zero-order valence-corrected chi connectivity index (χ0v) is 9.76. The number of piperidine rings is 1. The molecule has 2 nitrogen and oxygen atoms in total. The second kappa shape index (κ2) is 7.27. The van der Waals surface area contributed by atoms with Gasteiger partial charge in [0.2, 0.25) is 0 Å². The van der Waals surface area contributed by atoms with E-state index < -0.39 is 0 Å². The Morgan fingerprint density at radius 1 is 1.36 bits per heavy atom. The van der Waals surface area contributed by atoms with E-state index in [2.05, 4.69) is 17.1 Å². The van der Waals surface area contributed by atoms with Crippen LogP contribution in [0.3, 0.4) is 0 Å². The van der Waals surface area contributed by atoms with Crippen LogP contribution in [0.25, 0.3) is 0 Å². The average Bonchev–Trinajstić information content (AvgIpc) is 2.25. The first-order chi connectivity index (χ1) is 6.84. The third-order valence-electron chi connectivity index (χ3n) is 2.81. The molecule has 1 unspecified atom stereocenters. The average molecular weight is 217 g/mol. The van der Waals surface area contributed by atoms with Gasteiger partial charge in [0.25, 0.3) is 0 Å². The van der Waals surface area contributed by atoms with Crippen molar-refractivity contribution in [3.8, 4) is 0 Å². The number of nitrogens with one attached hydrogen (secondary N) is 1. The topological polar surface area (TPSA) is 15.3 Å². The zero-order valence-electron chi connectivity index (χ0n) is 9.01. The standard InChI is InChI=1S/C11H21ClN2/c1-11(10-13-7-5-6-12)14-8-3-2-4-9-14/h5-6,11,13H,2-4,7-10H2,1H3/b6-5+. The first-order valence-corrected chi connectivity index (χ1v) is 5.98. The minimum atomic E-state index is 0.652. The summed E-state index contributed by atoms with van der Waals surface area (Å²) in [6.45, 7) is 6.77. The minimum absolute atomic E-state index is 0.652. The molecule has 1 aliphatic rings. The smallest absolute Gasteiger partial charge is 0.0192 e. The van der Waals surface area contributed by atoms with Crippen molar-refractivity contribution in [2.24, 2.45) is 0 Å². The molecule has 0 aromatic rings. The fourth-order valence-corrected chi connectivity index (χ4v) is 2.00. The second-order valence-corrected chi connectivity index (χ2v) is 4.22. The predicted octanol–water partition coefficient (Wildman–Crippen LogP) is 2.20. The lowest BCUT2D eigenvalue weighted by Crippen LogP contribution is -2.43. The van der Waals surface area contributed by atoms with E-state index in [1.165, 1.54) is 32.4 Å². The van der Waals surface area contributed by atoms with Crippen molar-refractivity contribution >= 4 is 11.6 Å². The van der Waals surface area contributed by atoms with Crippen molar-refractivity contribution in [1.29, 1.82) is 0 Å². The highest BCUT2D eigenvalue weighted by Crippen LogP contribution is 2.11. The molecule has 1 N–H and O–H groups in total. The molecule has 1 fully saturated rings. The maximum absolute atomic E-state index is 5.43. The molecule has 82 valence electrons. The normalized spacial score (nSPS) is 21.6. The van der Waals surface area contributed by atoms with Gasteiger partial charge < -0.3 is 5.32 Å². The van der Waals surface area contributed by atoms with Gasteiger partial charge in [-0.25, -0.2) is 0 Å². The van der Waals surface area contributed by atoms with Crippen LogP contribution < -0.4 is 5.32 Å². The molecule has 1 heterocycles. The van der Waals surface area contributed by atoms with Gasteiger partial charge in [0.05, 0.1) is 0 Å². The van der Waals surface area contributed by atoms with E-state index in [1.807, 2.05) is 6.08 Å². The van der Waals surface area contributed by atoms with Crippen molar-refractivity contribution < 1.29 is 0 Å². The van der Waals surface area contributed by atoms with Crippen molar-refractivity contribution in [2.75, 3.05) is 26.2 Å². The zero-order chi connectivity index (χ0) is 10.2. The highest BCUT2D eigenvalue weighted by Gasteiger charge is 2.15. The summed E-state index contributed by atoms with van der Waals surface area (Å²) in [5, 5.41) is 3.37.